The predicted molar refractivity (Wildman–Crippen MR) is 88.0 cm³/mol. The van der Waals surface area contributed by atoms with Gasteiger partial charge in [0, 0.05) is 11.6 Å². The molecule has 0 aliphatic carbocycles. The van der Waals surface area contributed by atoms with E-state index in [1.165, 1.54) is 38.1 Å². The second kappa shape index (κ2) is 8.03. The number of benzene rings is 2. The quantitative estimate of drug-likeness (QED) is 0.534. The van der Waals surface area contributed by atoms with Crippen molar-refractivity contribution in [3.63, 3.8) is 0 Å². The zero-order valence-corrected chi connectivity index (χ0v) is 14.4. The molecule has 2 aromatic carbocycles. The maximum Gasteiger partial charge on any atom is 0.201 e. The SMILES string of the molecule is CC(=O)CC(=O)C(C)Oc1ccc(Oc2cc(F)c(C)c(F)c2F)cc1. The van der Waals surface area contributed by atoms with Gasteiger partial charge in [-0.1, -0.05) is 0 Å². The molecule has 0 fully saturated rings. The molecule has 1 atom stereocenters. The number of carbonyl (C=O) groups excluding carboxylic acids is 2. The molecule has 0 aromatic heterocycles. The van der Waals surface area contributed by atoms with Gasteiger partial charge in [-0.15, -0.1) is 0 Å². The van der Waals surface area contributed by atoms with Gasteiger partial charge in [0.25, 0.3) is 0 Å². The molecule has 0 heterocycles. The minimum absolute atomic E-state index is 0.126. The highest BCUT2D eigenvalue weighted by Gasteiger charge is 2.18. The number of halogens is 3. The third-order valence-electron chi connectivity index (χ3n) is 3.60. The molecule has 0 N–H and O–H groups in total. The number of hydrogen-bond acceptors (Lipinski definition) is 4. The van der Waals surface area contributed by atoms with Crippen LogP contribution in [0.25, 0.3) is 0 Å². The molecule has 0 radical (unpaired) electrons. The Hall–Kier alpha value is -2.83. The first-order valence-electron chi connectivity index (χ1n) is 7.80. The molecule has 2 aromatic rings. The van der Waals surface area contributed by atoms with Crippen LogP contribution in [0.5, 0.6) is 17.2 Å². The normalized spacial score (nSPS) is 11.8. The van der Waals surface area contributed by atoms with E-state index in [1.54, 1.807) is 0 Å². The molecule has 0 spiro atoms. The van der Waals surface area contributed by atoms with Crippen LogP contribution < -0.4 is 9.47 Å². The fourth-order valence-electron chi connectivity index (χ4n) is 2.11. The van der Waals surface area contributed by atoms with Crippen LogP contribution in [0.2, 0.25) is 0 Å². The van der Waals surface area contributed by atoms with Crippen LogP contribution >= 0.6 is 0 Å². The molecule has 0 saturated heterocycles. The van der Waals surface area contributed by atoms with Crippen LogP contribution in [0.4, 0.5) is 13.2 Å². The van der Waals surface area contributed by atoms with Crippen molar-refractivity contribution in [3.8, 4) is 17.2 Å². The summed E-state index contributed by atoms with van der Waals surface area (Å²) in [6.45, 7) is 3.95. The molecule has 4 nitrogen and oxygen atoms in total. The van der Waals surface area contributed by atoms with Gasteiger partial charge in [-0.05, 0) is 45.0 Å². The molecular formula is C19H17F3O4. The topological polar surface area (TPSA) is 52.6 Å². The Morgan fingerprint density at radius 2 is 1.62 bits per heavy atom. The van der Waals surface area contributed by atoms with E-state index in [0.717, 1.165) is 13.0 Å². The lowest BCUT2D eigenvalue weighted by Gasteiger charge is -2.14. The molecule has 138 valence electrons. The number of carbonyl (C=O) groups is 2. The van der Waals surface area contributed by atoms with Gasteiger partial charge in [0.1, 0.15) is 23.1 Å². The van der Waals surface area contributed by atoms with E-state index in [-0.39, 0.29) is 23.7 Å². The van der Waals surface area contributed by atoms with E-state index in [4.69, 9.17) is 9.47 Å². The minimum atomic E-state index is -1.31. The van der Waals surface area contributed by atoms with Crippen molar-refractivity contribution in [1.29, 1.82) is 0 Å². The molecule has 2 rings (SSSR count). The third kappa shape index (κ3) is 4.62. The number of ketones is 2. The summed E-state index contributed by atoms with van der Waals surface area (Å²) in [5, 5.41) is 0. The van der Waals surface area contributed by atoms with Gasteiger partial charge in [0.05, 0.1) is 6.42 Å². The van der Waals surface area contributed by atoms with Gasteiger partial charge < -0.3 is 9.47 Å². The lowest BCUT2D eigenvalue weighted by atomic mass is 10.1. The van der Waals surface area contributed by atoms with Crippen molar-refractivity contribution < 1.29 is 32.2 Å². The monoisotopic (exact) mass is 366 g/mol. The predicted octanol–water partition coefficient (Wildman–Crippen LogP) is 4.52. The standard InChI is InChI=1S/C19H17F3O4/c1-10(23)8-16(24)12(3)25-13-4-6-14(7-5-13)26-17-9-15(20)11(2)18(21)19(17)22/h4-7,9,12H,8H2,1-3H3. The van der Waals surface area contributed by atoms with E-state index in [1.807, 2.05) is 0 Å². The smallest absolute Gasteiger partial charge is 0.201 e. The Morgan fingerprint density at radius 3 is 2.19 bits per heavy atom. The number of Topliss-reactive ketones (excluding diaryl/α,β-unsaturated/α-hetero) is 2. The lowest BCUT2D eigenvalue weighted by Crippen LogP contribution is -2.25. The molecule has 0 saturated carbocycles. The van der Waals surface area contributed by atoms with E-state index in [2.05, 4.69) is 0 Å². The van der Waals surface area contributed by atoms with E-state index in [9.17, 15) is 22.8 Å². The second-order valence-electron chi connectivity index (χ2n) is 5.79. The first-order valence-corrected chi connectivity index (χ1v) is 7.80. The summed E-state index contributed by atoms with van der Waals surface area (Å²) in [6.07, 6.45) is -1.03. The Balaban J connectivity index is 2.09. The summed E-state index contributed by atoms with van der Waals surface area (Å²) < 4.78 is 51.5. The molecule has 0 aliphatic rings. The zero-order valence-electron chi connectivity index (χ0n) is 14.4. The van der Waals surface area contributed by atoms with Crippen molar-refractivity contribution in [2.45, 2.75) is 33.3 Å². The Bertz CT molecular complexity index is 832. The molecule has 0 aliphatic heterocycles. The molecule has 0 amide bonds. The molecule has 1 unspecified atom stereocenters. The van der Waals surface area contributed by atoms with Gasteiger partial charge in [-0.3, -0.25) is 9.59 Å². The van der Waals surface area contributed by atoms with Crippen LogP contribution in [0, 0.1) is 24.4 Å². The molecule has 7 heteroatoms. The van der Waals surface area contributed by atoms with Crippen LogP contribution in [0.3, 0.4) is 0 Å². The summed E-state index contributed by atoms with van der Waals surface area (Å²) in [4.78, 5) is 22.7. The maximum atomic E-state index is 13.8. The lowest BCUT2D eigenvalue weighted by molar-refractivity contribution is -0.130. The number of ether oxygens (including phenoxy) is 2. The Labute approximate surface area is 148 Å². The van der Waals surface area contributed by atoms with Gasteiger partial charge in [-0.2, -0.15) is 4.39 Å². The van der Waals surface area contributed by atoms with Gasteiger partial charge in [0.2, 0.25) is 5.82 Å². The summed E-state index contributed by atoms with van der Waals surface area (Å²) >= 11 is 0. The number of hydrogen-bond donors (Lipinski definition) is 0. The summed E-state index contributed by atoms with van der Waals surface area (Å²) in [5.41, 5.74) is -0.428. The third-order valence-corrected chi connectivity index (χ3v) is 3.60. The first-order chi connectivity index (χ1) is 12.2. The van der Waals surface area contributed by atoms with E-state index < -0.39 is 34.9 Å². The Morgan fingerprint density at radius 1 is 1.04 bits per heavy atom. The van der Waals surface area contributed by atoms with Crippen molar-refractivity contribution in [2.24, 2.45) is 0 Å². The van der Waals surface area contributed by atoms with Crippen LogP contribution in [0.1, 0.15) is 25.8 Å². The van der Waals surface area contributed by atoms with E-state index in [0.29, 0.717) is 5.75 Å². The average molecular weight is 366 g/mol. The number of rotatable bonds is 7. The summed E-state index contributed by atoms with van der Waals surface area (Å²) in [7, 11) is 0. The zero-order chi connectivity index (χ0) is 19.4. The fourth-order valence-corrected chi connectivity index (χ4v) is 2.11. The summed E-state index contributed by atoms with van der Waals surface area (Å²) in [6, 6.07) is 6.46. The highest BCUT2D eigenvalue weighted by molar-refractivity contribution is 6.00. The van der Waals surface area contributed by atoms with Crippen molar-refractivity contribution in [1.82, 2.24) is 0 Å². The van der Waals surface area contributed by atoms with Gasteiger partial charge >= 0.3 is 0 Å². The van der Waals surface area contributed by atoms with Crippen LogP contribution in [-0.4, -0.2) is 17.7 Å². The molecular weight excluding hydrogens is 349 g/mol. The second-order valence-corrected chi connectivity index (χ2v) is 5.79. The maximum absolute atomic E-state index is 13.8. The van der Waals surface area contributed by atoms with Crippen LogP contribution in [0.15, 0.2) is 30.3 Å². The van der Waals surface area contributed by atoms with Crippen molar-refractivity contribution in [2.75, 3.05) is 0 Å². The molecule has 0 bridgehead atoms. The summed E-state index contributed by atoms with van der Waals surface area (Å²) in [5.74, 6) is -4.25. The van der Waals surface area contributed by atoms with Crippen LogP contribution in [-0.2, 0) is 9.59 Å². The minimum Gasteiger partial charge on any atom is -0.483 e. The van der Waals surface area contributed by atoms with Crippen molar-refractivity contribution >= 4 is 11.6 Å². The Kier molecular flexibility index (Phi) is 6.02. The highest BCUT2D eigenvalue weighted by atomic mass is 19.2. The largest absolute Gasteiger partial charge is 0.483 e. The van der Waals surface area contributed by atoms with E-state index >= 15 is 0 Å². The first kappa shape index (κ1) is 19.5. The van der Waals surface area contributed by atoms with Crippen molar-refractivity contribution in [3.05, 3.63) is 53.3 Å². The average Bonchev–Trinajstić information content (AvgIpc) is 2.58. The molecule has 26 heavy (non-hydrogen) atoms. The highest BCUT2D eigenvalue weighted by Crippen LogP contribution is 2.30. The van der Waals surface area contributed by atoms with Gasteiger partial charge in [0.15, 0.2) is 23.5 Å². The van der Waals surface area contributed by atoms with Gasteiger partial charge in [-0.25, -0.2) is 8.78 Å². The fraction of sp³-hybridized carbons (Fsp3) is 0.263.